The number of anilines is 2. The number of aromatic nitrogens is 5. The highest BCUT2D eigenvalue weighted by Gasteiger charge is 2.18. The lowest BCUT2D eigenvalue weighted by Crippen LogP contribution is -2.29. The maximum atomic E-state index is 4.69. The van der Waals surface area contributed by atoms with Gasteiger partial charge in [0, 0.05) is 52.5 Å². The maximum absolute atomic E-state index is 4.69. The molecule has 7 heteroatoms. The molecule has 1 aromatic carbocycles. The van der Waals surface area contributed by atoms with Crippen LogP contribution in [0, 0.1) is 0 Å². The summed E-state index contributed by atoms with van der Waals surface area (Å²) in [5, 5.41) is 13.5. The molecule has 1 aliphatic heterocycles. The number of allylic oxidation sites excluding steroid dienone is 1. The van der Waals surface area contributed by atoms with Gasteiger partial charge in [-0.3, -0.25) is 15.1 Å². The number of aromatic amines is 2. The first-order valence-electron chi connectivity index (χ1n) is 13.3. The number of piperidine rings is 1. The summed E-state index contributed by atoms with van der Waals surface area (Å²) < 4.78 is 0. The van der Waals surface area contributed by atoms with Crippen LogP contribution in [-0.4, -0.2) is 38.2 Å². The average Bonchev–Trinajstić information content (AvgIpc) is 3.56. The van der Waals surface area contributed by atoms with Gasteiger partial charge in [-0.05, 0) is 62.4 Å². The summed E-state index contributed by atoms with van der Waals surface area (Å²) in [6, 6.07) is 12.9. The third kappa shape index (κ3) is 4.69. The third-order valence-corrected chi connectivity index (χ3v) is 7.23. The Labute approximate surface area is 217 Å². The van der Waals surface area contributed by atoms with Gasteiger partial charge in [0.2, 0.25) is 0 Å². The van der Waals surface area contributed by atoms with Crippen molar-refractivity contribution in [2.24, 2.45) is 0 Å². The summed E-state index contributed by atoms with van der Waals surface area (Å²) in [6.45, 7) is 8.57. The van der Waals surface area contributed by atoms with Gasteiger partial charge < -0.3 is 15.2 Å². The van der Waals surface area contributed by atoms with Crippen molar-refractivity contribution in [3.63, 3.8) is 0 Å². The first kappa shape index (κ1) is 23.3. The third-order valence-electron chi connectivity index (χ3n) is 7.23. The van der Waals surface area contributed by atoms with Gasteiger partial charge in [0.05, 0.1) is 35.0 Å². The Kier molecular flexibility index (Phi) is 6.35. The molecule has 37 heavy (non-hydrogen) atoms. The van der Waals surface area contributed by atoms with Crippen molar-refractivity contribution in [3.8, 4) is 22.6 Å². The summed E-state index contributed by atoms with van der Waals surface area (Å²) in [5.74, 6) is 0. The molecule has 188 valence electrons. The lowest BCUT2D eigenvalue weighted by molar-refractivity contribution is 0.579. The molecule has 5 aromatic rings. The zero-order valence-corrected chi connectivity index (χ0v) is 21.3. The van der Waals surface area contributed by atoms with Crippen LogP contribution >= 0.6 is 0 Å². The van der Waals surface area contributed by atoms with Crippen molar-refractivity contribution in [2.45, 2.75) is 45.4 Å². The lowest BCUT2D eigenvalue weighted by atomic mass is 10.1. The molecule has 1 saturated heterocycles. The van der Waals surface area contributed by atoms with E-state index >= 15 is 0 Å². The van der Waals surface area contributed by atoms with Crippen molar-refractivity contribution in [3.05, 3.63) is 67.3 Å². The number of hydrogen-bond acceptors (Lipinski definition) is 5. The summed E-state index contributed by atoms with van der Waals surface area (Å²) in [6.07, 6.45) is 12.6. The van der Waals surface area contributed by atoms with Crippen LogP contribution in [0.15, 0.2) is 67.3 Å². The number of unbranched alkanes of at least 4 members (excludes halogenated alkanes) is 1. The Bertz CT molecular complexity index is 1560. The van der Waals surface area contributed by atoms with Crippen molar-refractivity contribution < 1.29 is 0 Å². The fraction of sp³-hybridized carbons (Fsp3) is 0.300. The minimum absolute atomic E-state index is 0.857. The Balaban J connectivity index is 1.34. The largest absolute Gasteiger partial charge is 0.371 e. The SMILES string of the molecule is C=C(CCCC)Nc1cncc(-c2cc3c(-c4cc5c(N6CCCCC6)cccc5[nH]4)n[nH]c3cn2)c1. The Morgan fingerprint density at radius 2 is 1.92 bits per heavy atom. The van der Waals surface area contributed by atoms with Crippen LogP contribution in [0.2, 0.25) is 0 Å². The number of benzene rings is 1. The molecule has 0 bridgehead atoms. The molecule has 0 amide bonds. The minimum Gasteiger partial charge on any atom is -0.371 e. The minimum atomic E-state index is 0.857. The number of hydrogen-bond donors (Lipinski definition) is 3. The highest BCUT2D eigenvalue weighted by molar-refractivity contribution is 6.00. The second-order valence-electron chi connectivity index (χ2n) is 9.95. The molecule has 0 unspecified atom stereocenters. The molecule has 4 aromatic heterocycles. The van der Waals surface area contributed by atoms with Crippen molar-refractivity contribution in [1.82, 2.24) is 25.1 Å². The van der Waals surface area contributed by atoms with Gasteiger partial charge in [-0.2, -0.15) is 5.10 Å². The molecule has 5 heterocycles. The van der Waals surface area contributed by atoms with Crippen LogP contribution in [-0.2, 0) is 0 Å². The zero-order chi connectivity index (χ0) is 25.2. The zero-order valence-electron chi connectivity index (χ0n) is 21.3. The van der Waals surface area contributed by atoms with Crippen molar-refractivity contribution in [1.29, 1.82) is 0 Å². The molecule has 0 spiro atoms. The summed E-state index contributed by atoms with van der Waals surface area (Å²) in [7, 11) is 0. The first-order valence-corrected chi connectivity index (χ1v) is 13.3. The van der Waals surface area contributed by atoms with E-state index < -0.39 is 0 Å². The van der Waals surface area contributed by atoms with Crippen LogP contribution in [0.1, 0.15) is 45.4 Å². The van der Waals surface area contributed by atoms with Gasteiger partial charge in [0.25, 0.3) is 0 Å². The predicted molar refractivity (Wildman–Crippen MR) is 153 cm³/mol. The fourth-order valence-electron chi connectivity index (χ4n) is 5.26. The van der Waals surface area contributed by atoms with Crippen LogP contribution in [0.25, 0.3) is 44.5 Å². The van der Waals surface area contributed by atoms with E-state index in [9.17, 15) is 0 Å². The van der Waals surface area contributed by atoms with E-state index in [1.165, 1.54) is 30.3 Å². The number of H-pyrrole nitrogens is 2. The van der Waals surface area contributed by atoms with Gasteiger partial charge in [-0.25, -0.2) is 0 Å². The molecule has 1 fully saturated rings. The second kappa shape index (κ2) is 10.1. The fourth-order valence-corrected chi connectivity index (χ4v) is 5.26. The van der Waals surface area contributed by atoms with E-state index in [4.69, 9.17) is 4.98 Å². The molecular weight excluding hydrogens is 458 g/mol. The van der Waals surface area contributed by atoms with Gasteiger partial charge >= 0.3 is 0 Å². The van der Waals surface area contributed by atoms with Crippen molar-refractivity contribution >= 4 is 33.2 Å². The van der Waals surface area contributed by atoms with Crippen LogP contribution < -0.4 is 10.2 Å². The Morgan fingerprint density at radius 1 is 1.03 bits per heavy atom. The van der Waals surface area contributed by atoms with Crippen LogP contribution in [0.5, 0.6) is 0 Å². The predicted octanol–water partition coefficient (Wildman–Crippen LogP) is 7.27. The standard InChI is InChI=1S/C30H33N7/c1-3-4-9-20(2)33-22-14-21(17-31-18-22)26-16-24-28(19-32-26)35-36-30(24)27-15-23-25(34-27)10-8-11-29(23)37-12-6-5-7-13-37/h8,10-11,14-19,33-34H,2-7,9,12-13H2,1H3,(H,35,36). The molecule has 0 aliphatic carbocycles. The molecule has 0 saturated carbocycles. The average molecular weight is 492 g/mol. The normalized spacial score (nSPS) is 13.9. The number of nitrogens with zero attached hydrogens (tertiary/aromatic N) is 4. The highest BCUT2D eigenvalue weighted by Crippen LogP contribution is 2.35. The van der Waals surface area contributed by atoms with Crippen molar-refractivity contribution in [2.75, 3.05) is 23.3 Å². The van der Waals surface area contributed by atoms with Gasteiger partial charge in [0.1, 0.15) is 5.69 Å². The number of nitrogens with one attached hydrogen (secondary N) is 3. The molecular formula is C30H33N7. The monoisotopic (exact) mass is 491 g/mol. The van der Waals surface area contributed by atoms with Gasteiger partial charge in [-0.1, -0.05) is 26.0 Å². The summed E-state index contributed by atoms with van der Waals surface area (Å²) in [5.41, 5.74) is 8.98. The lowest BCUT2D eigenvalue weighted by Gasteiger charge is -2.29. The molecule has 0 atom stereocenters. The summed E-state index contributed by atoms with van der Waals surface area (Å²) >= 11 is 0. The summed E-state index contributed by atoms with van der Waals surface area (Å²) in [4.78, 5) is 15.3. The Hall–Kier alpha value is -4.13. The molecule has 3 N–H and O–H groups in total. The molecule has 1 aliphatic rings. The van der Waals surface area contributed by atoms with Gasteiger partial charge in [0.15, 0.2) is 0 Å². The number of pyridine rings is 2. The molecule has 0 radical (unpaired) electrons. The van der Waals surface area contributed by atoms with Crippen LogP contribution in [0.4, 0.5) is 11.4 Å². The van der Waals surface area contributed by atoms with E-state index in [2.05, 4.69) is 80.3 Å². The van der Waals surface area contributed by atoms with E-state index in [0.717, 1.165) is 82.8 Å². The smallest absolute Gasteiger partial charge is 0.116 e. The Morgan fingerprint density at radius 3 is 2.78 bits per heavy atom. The van der Waals surface area contributed by atoms with E-state index in [1.54, 1.807) is 0 Å². The number of fused-ring (bicyclic) bond motifs is 2. The van der Waals surface area contributed by atoms with Gasteiger partial charge in [-0.15, -0.1) is 0 Å². The van der Waals surface area contributed by atoms with E-state index in [0.29, 0.717) is 0 Å². The highest BCUT2D eigenvalue weighted by atomic mass is 15.1. The van der Waals surface area contributed by atoms with E-state index in [1.807, 2.05) is 18.6 Å². The maximum Gasteiger partial charge on any atom is 0.116 e. The first-order chi connectivity index (χ1) is 18.2. The van der Waals surface area contributed by atoms with Crippen LogP contribution in [0.3, 0.4) is 0 Å². The topological polar surface area (TPSA) is 85.5 Å². The molecule has 7 nitrogen and oxygen atoms in total. The molecule has 6 rings (SSSR count). The quantitative estimate of drug-likeness (QED) is 0.212. The van der Waals surface area contributed by atoms with E-state index in [-0.39, 0.29) is 0 Å². The second-order valence-corrected chi connectivity index (χ2v) is 9.95. The number of rotatable bonds is 8.